The van der Waals surface area contributed by atoms with Crippen LogP contribution in [0.4, 0.5) is 0 Å². The van der Waals surface area contributed by atoms with Crippen molar-refractivity contribution < 1.29 is 9.15 Å². The van der Waals surface area contributed by atoms with Crippen molar-refractivity contribution in [1.29, 1.82) is 0 Å². The Morgan fingerprint density at radius 2 is 2.31 bits per heavy atom. The fourth-order valence-electron chi connectivity index (χ4n) is 1.84. The number of hydrogen-bond acceptors (Lipinski definition) is 5. The van der Waals surface area contributed by atoms with E-state index in [0.29, 0.717) is 6.04 Å². The van der Waals surface area contributed by atoms with Gasteiger partial charge < -0.3 is 14.5 Å². The quantitative estimate of drug-likeness (QED) is 0.790. The van der Waals surface area contributed by atoms with Crippen molar-refractivity contribution >= 4 is 0 Å². The molecule has 16 heavy (non-hydrogen) atoms. The van der Waals surface area contributed by atoms with Gasteiger partial charge in [-0.3, -0.25) is 4.90 Å². The molecule has 1 unspecified atom stereocenters. The van der Waals surface area contributed by atoms with E-state index in [4.69, 9.17) is 9.15 Å². The molecule has 2 rings (SSSR count). The third kappa shape index (κ3) is 3.59. The zero-order chi connectivity index (χ0) is 11.2. The number of ether oxygens (including phenoxy) is 1. The normalized spacial score (nSPS) is 19.8. The summed E-state index contributed by atoms with van der Waals surface area (Å²) in [5, 5.41) is 3.42. The number of morpholine rings is 1. The molecule has 0 amide bonds. The summed E-state index contributed by atoms with van der Waals surface area (Å²) in [6, 6.07) is 0.447. The van der Waals surface area contributed by atoms with E-state index in [1.165, 1.54) is 6.39 Å². The first-order valence-electron chi connectivity index (χ1n) is 5.75. The minimum absolute atomic E-state index is 0.447. The predicted octanol–water partition coefficient (Wildman–Crippen LogP) is 0.485. The van der Waals surface area contributed by atoms with Crippen LogP contribution in [-0.4, -0.2) is 48.8 Å². The maximum atomic E-state index is 5.31. The molecule has 1 atom stereocenters. The molecule has 0 saturated carbocycles. The summed E-state index contributed by atoms with van der Waals surface area (Å²) in [6.45, 7) is 7.77. The van der Waals surface area contributed by atoms with Crippen LogP contribution < -0.4 is 5.32 Å². The minimum atomic E-state index is 0.447. The van der Waals surface area contributed by atoms with Crippen molar-refractivity contribution in [2.45, 2.75) is 19.5 Å². The van der Waals surface area contributed by atoms with Gasteiger partial charge in [0.1, 0.15) is 5.76 Å². The molecular weight excluding hydrogens is 206 g/mol. The van der Waals surface area contributed by atoms with E-state index in [1.807, 2.05) is 0 Å². The Morgan fingerprint density at radius 1 is 1.50 bits per heavy atom. The molecule has 0 aromatic carbocycles. The highest BCUT2D eigenvalue weighted by Crippen LogP contribution is 2.00. The maximum absolute atomic E-state index is 5.31. The van der Waals surface area contributed by atoms with Crippen molar-refractivity contribution in [3.8, 4) is 0 Å². The van der Waals surface area contributed by atoms with Gasteiger partial charge >= 0.3 is 0 Å². The SMILES string of the molecule is CC(CN1CCOCC1)NCc1cnco1. The van der Waals surface area contributed by atoms with Gasteiger partial charge in [-0.15, -0.1) is 0 Å². The van der Waals surface area contributed by atoms with Crippen LogP contribution in [0.3, 0.4) is 0 Å². The molecule has 1 aliphatic heterocycles. The lowest BCUT2D eigenvalue weighted by atomic mass is 10.3. The van der Waals surface area contributed by atoms with Gasteiger partial charge in [-0.2, -0.15) is 0 Å². The summed E-state index contributed by atoms with van der Waals surface area (Å²) in [5.41, 5.74) is 0. The Balaban J connectivity index is 1.65. The topological polar surface area (TPSA) is 50.5 Å². The number of nitrogens with one attached hydrogen (secondary N) is 1. The van der Waals surface area contributed by atoms with Gasteiger partial charge in [-0.1, -0.05) is 0 Å². The van der Waals surface area contributed by atoms with Gasteiger partial charge in [0.05, 0.1) is 26.0 Å². The molecular formula is C11H19N3O2. The lowest BCUT2D eigenvalue weighted by Crippen LogP contribution is -2.44. The molecule has 0 spiro atoms. The largest absolute Gasteiger partial charge is 0.447 e. The number of hydrogen-bond donors (Lipinski definition) is 1. The van der Waals surface area contributed by atoms with Crippen LogP contribution in [0, 0.1) is 0 Å². The first-order chi connectivity index (χ1) is 7.84. The Kier molecular flexibility index (Phi) is 4.33. The second-order valence-electron chi connectivity index (χ2n) is 4.16. The van der Waals surface area contributed by atoms with Gasteiger partial charge in [0.15, 0.2) is 6.39 Å². The fraction of sp³-hybridized carbons (Fsp3) is 0.727. The minimum Gasteiger partial charge on any atom is -0.447 e. The molecule has 1 aromatic rings. The van der Waals surface area contributed by atoms with Crippen molar-refractivity contribution in [2.24, 2.45) is 0 Å². The van der Waals surface area contributed by atoms with E-state index < -0.39 is 0 Å². The second kappa shape index (κ2) is 5.98. The Labute approximate surface area is 95.8 Å². The summed E-state index contributed by atoms with van der Waals surface area (Å²) in [6.07, 6.45) is 3.21. The highest BCUT2D eigenvalue weighted by molar-refractivity contribution is 4.88. The van der Waals surface area contributed by atoms with Gasteiger partial charge in [0.25, 0.3) is 0 Å². The number of oxazole rings is 1. The third-order valence-corrected chi connectivity index (χ3v) is 2.74. The maximum Gasteiger partial charge on any atom is 0.180 e. The first kappa shape index (κ1) is 11.6. The fourth-order valence-corrected chi connectivity index (χ4v) is 1.84. The Morgan fingerprint density at radius 3 is 3.00 bits per heavy atom. The molecule has 0 radical (unpaired) electrons. The molecule has 5 nitrogen and oxygen atoms in total. The summed E-state index contributed by atoms with van der Waals surface area (Å²) < 4.78 is 10.5. The molecule has 0 aliphatic carbocycles. The van der Waals surface area contributed by atoms with Gasteiger partial charge in [0, 0.05) is 25.7 Å². The molecule has 0 bridgehead atoms. The van der Waals surface area contributed by atoms with Crippen LogP contribution in [0.1, 0.15) is 12.7 Å². The molecule has 1 aromatic heterocycles. The number of rotatable bonds is 5. The average Bonchev–Trinajstić information content (AvgIpc) is 2.81. The van der Waals surface area contributed by atoms with Crippen LogP contribution in [-0.2, 0) is 11.3 Å². The van der Waals surface area contributed by atoms with E-state index in [2.05, 4.69) is 22.1 Å². The summed E-state index contributed by atoms with van der Waals surface area (Å²) >= 11 is 0. The Bertz CT molecular complexity index is 283. The van der Waals surface area contributed by atoms with Crippen molar-refractivity contribution in [1.82, 2.24) is 15.2 Å². The molecule has 5 heteroatoms. The second-order valence-corrected chi connectivity index (χ2v) is 4.16. The first-order valence-corrected chi connectivity index (χ1v) is 5.75. The van der Waals surface area contributed by atoms with Crippen LogP contribution in [0.25, 0.3) is 0 Å². The van der Waals surface area contributed by atoms with E-state index >= 15 is 0 Å². The molecule has 1 N–H and O–H groups in total. The van der Waals surface area contributed by atoms with Crippen LogP contribution in [0.2, 0.25) is 0 Å². The lowest BCUT2D eigenvalue weighted by Gasteiger charge is -2.29. The van der Waals surface area contributed by atoms with Crippen molar-refractivity contribution in [2.75, 3.05) is 32.8 Å². The average molecular weight is 225 g/mol. The standard InChI is InChI=1S/C11H19N3O2/c1-10(8-14-2-4-15-5-3-14)13-7-11-6-12-9-16-11/h6,9-10,13H,2-5,7-8H2,1H3. The predicted molar refractivity (Wildman–Crippen MR) is 60.1 cm³/mol. The molecule has 1 saturated heterocycles. The van der Waals surface area contributed by atoms with E-state index in [-0.39, 0.29) is 0 Å². The summed E-state index contributed by atoms with van der Waals surface area (Å²) in [5.74, 6) is 0.883. The van der Waals surface area contributed by atoms with Gasteiger partial charge in [-0.05, 0) is 6.92 Å². The van der Waals surface area contributed by atoms with E-state index in [9.17, 15) is 0 Å². The zero-order valence-electron chi connectivity index (χ0n) is 9.69. The van der Waals surface area contributed by atoms with Crippen molar-refractivity contribution in [3.63, 3.8) is 0 Å². The highest BCUT2D eigenvalue weighted by Gasteiger charge is 2.13. The van der Waals surface area contributed by atoms with E-state index in [1.54, 1.807) is 6.20 Å². The smallest absolute Gasteiger partial charge is 0.180 e. The number of nitrogens with zero attached hydrogens (tertiary/aromatic N) is 2. The van der Waals surface area contributed by atoms with Crippen LogP contribution in [0.15, 0.2) is 17.0 Å². The highest BCUT2D eigenvalue weighted by atomic mass is 16.5. The molecule has 1 fully saturated rings. The van der Waals surface area contributed by atoms with Gasteiger partial charge in [0.2, 0.25) is 0 Å². The van der Waals surface area contributed by atoms with Gasteiger partial charge in [-0.25, -0.2) is 4.98 Å². The number of aromatic nitrogens is 1. The lowest BCUT2D eigenvalue weighted by molar-refractivity contribution is 0.0342. The molecule has 2 heterocycles. The van der Waals surface area contributed by atoms with Crippen LogP contribution in [0.5, 0.6) is 0 Å². The molecule has 90 valence electrons. The summed E-state index contributed by atoms with van der Waals surface area (Å²) in [4.78, 5) is 6.30. The van der Waals surface area contributed by atoms with E-state index in [0.717, 1.165) is 45.2 Å². The summed E-state index contributed by atoms with van der Waals surface area (Å²) in [7, 11) is 0. The Hall–Kier alpha value is -0.910. The molecule has 1 aliphatic rings. The zero-order valence-corrected chi connectivity index (χ0v) is 9.69. The third-order valence-electron chi connectivity index (χ3n) is 2.74. The van der Waals surface area contributed by atoms with Crippen molar-refractivity contribution in [3.05, 3.63) is 18.4 Å². The van der Waals surface area contributed by atoms with Crippen LogP contribution >= 0.6 is 0 Å². The monoisotopic (exact) mass is 225 g/mol.